The minimum absolute atomic E-state index is 0.0442. The second-order valence-corrected chi connectivity index (χ2v) is 5.62. The summed E-state index contributed by atoms with van der Waals surface area (Å²) in [6, 6.07) is 3.96. The van der Waals surface area contributed by atoms with Gasteiger partial charge in [-0.05, 0) is 38.5 Å². The highest BCUT2D eigenvalue weighted by Crippen LogP contribution is 2.20. The smallest absolute Gasteiger partial charge is 0.337 e. The van der Waals surface area contributed by atoms with Crippen molar-refractivity contribution < 1.29 is 14.7 Å². The summed E-state index contributed by atoms with van der Waals surface area (Å²) in [4.78, 5) is 22.8. The zero-order valence-electron chi connectivity index (χ0n) is 11.8. The van der Waals surface area contributed by atoms with Crippen LogP contribution < -0.4 is 10.6 Å². The molecule has 1 aromatic rings. The molecule has 0 unspecified atom stereocenters. The molecule has 0 fully saturated rings. The fourth-order valence-corrected chi connectivity index (χ4v) is 2.12. The average molecular weight is 299 g/mol. The third-order valence-electron chi connectivity index (χ3n) is 2.78. The lowest BCUT2D eigenvalue weighted by atomic mass is 9.99. The fraction of sp³-hybridized carbons (Fsp3) is 0.429. The summed E-state index contributed by atoms with van der Waals surface area (Å²) < 4.78 is 0. The van der Waals surface area contributed by atoms with Crippen molar-refractivity contribution in [2.75, 3.05) is 5.32 Å². The molecule has 0 bridgehead atoms. The molecule has 0 aromatic heterocycles. The molecular formula is C14H19ClN2O3. The Labute approximate surface area is 123 Å². The van der Waals surface area contributed by atoms with Gasteiger partial charge in [0.1, 0.15) is 0 Å². The molecule has 110 valence electrons. The molecule has 0 aliphatic rings. The van der Waals surface area contributed by atoms with Crippen molar-refractivity contribution >= 4 is 29.3 Å². The van der Waals surface area contributed by atoms with Crippen LogP contribution in [0.3, 0.4) is 0 Å². The van der Waals surface area contributed by atoms with Crippen molar-refractivity contribution in [2.45, 2.75) is 39.2 Å². The second kappa shape index (κ2) is 6.61. The van der Waals surface area contributed by atoms with E-state index in [2.05, 4.69) is 10.6 Å². The van der Waals surface area contributed by atoms with Crippen molar-refractivity contribution in [3.63, 3.8) is 0 Å². The Hall–Kier alpha value is -1.75. The first-order valence-electron chi connectivity index (χ1n) is 6.37. The number of amides is 2. The summed E-state index contributed by atoms with van der Waals surface area (Å²) in [5.74, 6) is -1.13. The van der Waals surface area contributed by atoms with Crippen molar-refractivity contribution in [1.29, 1.82) is 0 Å². The molecule has 0 atom stereocenters. The topological polar surface area (TPSA) is 78.4 Å². The van der Waals surface area contributed by atoms with Gasteiger partial charge in [0.15, 0.2) is 0 Å². The molecular weight excluding hydrogens is 280 g/mol. The number of hydrogen-bond donors (Lipinski definition) is 3. The molecule has 5 nitrogen and oxygen atoms in total. The van der Waals surface area contributed by atoms with Gasteiger partial charge < -0.3 is 15.7 Å². The van der Waals surface area contributed by atoms with Crippen LogP contribution >= 0.6 is 11.6 Å². The number of urea groups is 1. The van der Waals surface area contributed by atoms with E-state index in [1.54, 1.807) is 6.07 Å². The third-order valence-corrected chi connectivity index (χ3v) is 3.11. The maximum absolute atomic E-state index is 11.9. The molecule has 1 aromatic carbocycles. The predicted octanol–water partition coefficient (Wildman–Crippen LogP) is 3.74. The standard InChI is InChI=1S/C14H19ClN2O3/c1-4-7-14(2,3)17-13(20)16-9-5-6-11(15)10(8-9)12(18)19/h5-6,8H,4,7H2,1-3H3,(H,18,19)(H2,16,17,20). The Bertz CT molecular complexity index is 515. The van der Waals surface area contributed by atoms with Gasteiger partial charge in [-0.2, -0.15) is 0 Å². The molecule has 6 heteroatoms. The SMILES string of the molecule is CCCC(C)(C)NC(=O)Nc1ccc(Cl)c(C(=O)O)c1. The predicted molar refractivity (Wildman–Crippen MR) is 79.6 cm³/mol. The highest BCUT2D eigenvalue weighted by molar-refractivity contribution is 6.33. The monoisotopic (exact) mass is 298 g/mol. The van der Waals surface area contributed by atoms with E-state index in [4.69, 9.17) is 16.7 Å². The number of carbonyl (C=O) groups excluding carboxylic acids is 1. The van der Waals surface area contributed by atoms with Crippen molar-refractivity contribution in [2.24, 2.45) is 0 Å². The van der Waals surface area contributed by atoms with E-state index in [-0.39, 0.29) is 22.2 Å². The Balaban J connectivity index is 2.76. The van der Waals surface area contributed by atoms with Gasteiger partial charge >= 0.3 is 12.0 Å². The Morgan fingerprint density at radius 1 is 1.35 bits per heavy atom. The number of aromatic carboxylic acids is 1. The van der Waals surface area contributed by atoms with Crippen LogP contribution in [0.25, 0.3) is 0 Å². The third kappa shape index (κ3) is 4.74. The second-order valence-electron chi connectivity index (χ2n) is 5.21. The number of hydrogen-bond acceptors (Lipinski definition) is 2. The number of carboxylic acid groups (broad SMARTS) is 1. The van der Waals surface area contributed by atoms with E-state index in [9.17, 15) is 9.59 Å². The summed E-state index contributed by atoms with van der Waals surface area (Å²) in [5, 5.41) is 14.5. The van der Waals surface area contributed by atoms with Crippen LogP contribution in [-0.4, -0.2) is 22.6 Å². The van der Waals surface area contributed by atoms with Crippen LogP contribution in [0.5, 0.6) is 0 Å². The Kier molecular flexibility index (Phi) is 5.39. The van der Waals surface area contributed by atoms with Crippen LogP contribution in [0.4, 0.5) is 10.5 Å². The molecule has 2 amide bonds. The van der Waals surface area contributed by atoms with Gasteiger partial charge in [-0.3, -0.25) is 0 Å². The number of carbonyl (C=O) groups is 2. The van der Waals surface area contributed by atoms with E-state index >= 15 is 0 Å². The largest absolute Gasteiger partial charge is 0.478 e. The highest BCUT2D eigenvalue weighted by Gasteiger charge is 2.19. The van der Waals surface area contributed by atoms with E-state index in [1.165, 1.54) is 12.1 Å². The molecule has 20 heavy (non-hydrogen) atoms. The van der Waals surface area contributed by atoms with Gasteiger partial charge in [-0.1, -0.05) is 24.9 Å². The number of carboxylic acids is 1. The zero-order valence-corrected chi connectivity index (χ0v) is 12.5. The first-order valence-corrected chi connectivity index (χ1v) is 6.75. The highest BCUT2D eigenvalue weighted by atomic mass is 35.5. The average Bonchev–Trinajstić information content (AvgIpc) is 2.30. The quantitative estimate of drug-likeness (QED) is 0.775. The van der Waals surface area contributed by atoms with Gasteiger partial charge in [0, 0.05) is 11.2 Å². The zero-order chi connectivity index (χ0) is 15.3. The minimum Gasteiger partial charge on any atom is -0.478 e. The first-order chi connectivity index (χ1) is 9.25. The summed E-state index contributed by atoms with van der Waals surface area (Å²) in [6.07, 6.45) is 1.80. The van der Waals surface area contributed by atoms with Gasteiger partial charge in [0.25, 0.3) is 0 Å². The van der Waals surface area contributed by atoms with Crippen molar-refractivity contribution in [3.05, 3.63) is 28.8 Å². The summed E-state index contributed by atoms with van der Waals surface area (Å²) in [7, 11) is 0. The molecule has 0 radical (unpaired) electrons. The molecule has 0 saturated carbocycles. The minimum atomic E-state index is -1.13. The summed E-state index contributed by atoms with van der Waals surface area (Å²) >= 11 is 5.77. The van der Waals surface area contributed by atoms with Crippen LogP contribution in [0.1, 0.15) is 44.0 Å². The number of halogens is 1. The number of nitrogens with one attached hydrogen (secondary N) is 2. The molecule has 0 saturated heterocycles. The molecule has 0 aliphatic carbocycles. The summed E-state index contributed by atoms with van der Waals surface area (Å²) in [5.41, 5.74) is 0.0230. The molecule has 1 rings (SSSR count). The van der Waals surface area contributed by atoms with Gasteiger partial charge in [0.05, 0.1) is 10.6 Å². The van der Waals surface area contributed by atoms with Crippen LogP contribution in [0.15, 0.2) is 18.2 Å². The number of rotatable bonds is 5. The van der Waals surface area contributed by atoms with Gasteiger partial charge in [0.2, 0.25) is 0 Å². The number of benzene rings is 1. The van der Waals surface area contributed by atoms with Crippen LogP contribution in [0.2, 0.25) is 5.02 Å². The lowest BCUT2D eigenvalue weighted by molar-refractivity contribution is 0.0697. The van der Waals surface area contributed by atoms with E-state index < -0.39 is 5.97 Å². The number of anilines is 1. The molecule has 3 N–H and O–H groups in total. The van der Waals surface area contributed by atoms with Gasteiger partial charge in [-0.25, -0.2) is 9.59 Å². The lowest BCUT2D eigenvalue weighted by Crippen LogP contribution is -2.45. The maximum Gasteiger partial charge on any atom is 0.337 e. The molecule has 0 heterocycles. The lowest BCUT2D eigenvalue weighted by Gasteiger charge is -2.25. The maximum atomic E-state index is 11.9. The molecule has 0 aliphatic heterocycles. The van der Waals surface area contributed by atoms with E-state index in [1.807, 2.05) is 20.8 Å². The van der Waals surface area contributed by atoms with E-state index in [0.29, 0.717) is 5.69 Å². The fourth-order valence-electron chi connectivity index (χ4n) is 1.92. The van der Waals surface area contributed by atoms with Crippen LogP contribution in [0, 0.1) is 0 Å². The van der Waals surface area contributed by atoms with Crippen molar-refractivity contribution in [1.82, 2.24) is 5.32 Å². The Morgan fingerprint density at radius 3 is 2.55 bits per heavy atom. The Morgan fingerprint density at radius 2 is 2.00 bits per heavy atom. The normalized spacial score (nSPS) is 11.0. The van der Waals surface area contributed by atoms with Crippen molar-refractivity contribution in [3.8, 4) is 0 Å². The summed E-state index contributed by atoms with van der Waals surface area (Å²) in [6.45, 7) is 5.90. The first kappa shape index (κ1) is 16.3. The van der Waals surface area contributed by atoms with Crippen LogP contribution in [-0.2, 0) is 0 Å². The van der Waals surface area contributed by atoms with Gasteiger partial charge in [-0.15, -0.1) is 0 Å². The molecule has 0 spiro atoms. The van der Waals surface area contributed by atoms with E-state index in [0.717, 1.165) is 12.8 Å².